The highest BCUT2D eigenvalue weighted by Gasteiger charge is 2.18. The fraction of sp³-hybridized carbons (Fsp3) is 0.476. The van der Waals surface area contributed by atoms with Gasteiger partial charge in [0.2, 0.25) is 5.95 Å². The average Bonchev–Trinajstić information content (AvgIpc) is 2.74. The maximum Gasteiger partial charge on any atom is 0.225 e. The summed E-state index contributed by atoms with van der Waals surface area (Å²) in [6.45, 7) is 11.6. The molecule has 28 heavy (non-hydrogen) atoms. The van der Waals surface area contributed by atoms with Crippen molar-refractivity contribution in [3.8, 4) is 0 Å². The number of piperazine rings is 1. The van der Waals surface area contributed by atoms with Crippen molar-refractivity contribution in [1.29, 1.82) is 0 Å². The first-order valence-corrected chi connectivity index (χ1v) is 10.1. The van der Waals surface area contributed by atoms with Gasteiger partial charge in [-0.1, -0.05) is 29.8 Å². The predicted molar refractivity (Wildman–Crippen MR) is 115 cm³/mol. The Hall–Kier alpha value is -2.67. The standard InChI is InChI=1S/C21H31N7/c1-3-22-20(26-17-19-7-5-18(2)6-8-19)23-11-12-27-13-15-28(16-14-27)21-24-9-4-10-25-21/h4-10H,3,11-17H2,1-2H3,(H2,22,23,26). The number of hydrogen-bond acceptors (Lipinski definition) is 5. The van der Waals surface area contributed by atoms with Crippen LogP contribution in [0.5, 0.6) is 0 Å². The fourth-order valence-electron chi connectivity index (χ4n) is 3.16. The van der Waals surface area contributed by atoms with Crippen LogP contribution < -0.4 is 15.5 Å². The lowest BCUT2D eigenvalue weighted by Gasteiger charge is -2.34. The number of nitrogens with zero attached hydrogens (tertiary/aromatic N) is 5. The van der Waals surface area contributed by atoms with Crippen molar-refractivity contribution in [2.24, 2.45) is 4.99 Å². The van der Waals surface area contributed by atoms with Crippen LogP contribution in [-0.2, 0) is 6.54 Å². The van der Waals surface area contributed by atoms with Gasteiger partial charge in [-0.2, -0.15) is 0 Å². The van der Waals surface area contributed by atoms with E-state index in [0.717, 1.165) is 57.7 Å². The van der Waals surface area contributed by atoms with Crippen LogP contribution in [0.3, 0.4) is 0 Å². The second kappa shape index (κ2) is 10.6. The molecule has 7 heteroatoms. The molecule has 0 atom stereocenters. The minimum atomic E-state index is 0.686. The van der Waals surface area contributed by atoms with E-state index in [0.29, 0.717) is 6.54 Å². The second-order valence-corrected chi connectivity index (χ2v) is 6.99. The highest BCUT2D eigenvalue weighted by Crippen LogP contribution is 2.09. The van der Waals surface area contributed by atoms with Crippen LogP contribution in [0.15, 0.2) is 47.7 Å². The average molecular weight is 382 g/mol. The Morgan fingerprint density at radius 2 is 1.75 bits per heavy atom. The Morgan fingerprint density at radius 3 is 2.43 bits per heavy atom. The van der Waals surface area contributed by atoms with Crippen molar-refractivity contribution >= 4 is 11.9 Å². The Labute approximate surface area is 167 Å². The van der Waals surface area contributed by atoms with Crippen LogP contribution >= 0.6 is 0 Å². The molecule has 0 amide bonds. The molecule has 2 heterocycles. The summed E-state index contributed by atoms with van der Waals surface area (Å²) in [6.07, 6.45) is 3.60. The predicted octanol–water partition coefficient (Wildman–Crippen LogP) is 1.66. The zero-order valence-electron chi connectivity index (χ0n) is 16.9. The molecule has 1 fully saturated rings. The van der Waals surface area contributed by atoms with Crippen LogP contribution in [0.25, 0.3) is 0 Å². The zero-order chi connectivity index (χ0) is 19.6. The maximum absolute atomic E-state index is 4.70. The Bertz CT molecular complexity index is 722. The number of nitrogens with one attached hydrogen (secondary N) is 2. The van der Waals surface area contributed by atoms with Crippen LogP contribution in [-0.4, -0.2) is 66.6 Å². The van der Waals surface area contributed by atoms with Crippen LogP contribution in [0.4, 0.5) is 5.95 Å². The van der Waals surface area contributed by atoms with Gasteiger partial charge in [0.15, 0.2) is 5.96 Å². The van der Waals surface area contributed by atoms with Crippen molar-refractivity contribution in [3.05, 3.63) is 53.9 Å². The van der Waals surface area contributed by atoms with E-state index in [-0.39, 0.29) is 0 Å². The van der Waals surface area contributed by atoms with Crippen molar-refractivity contribution in [2.75, 3.05) is 50.7 Å². The van der Waals surface area contributed by atoms with Crippen molar-refractivity contribution in [2.45, 2.75) is 20.4 Å². The summed E-state index contributed by atoms with van der Waals surface area (Å²) in [5.41, 5.74) is 2.50. The van der Waals surface area contributed by atoms with Crippen molar-refractivity contribution in [3.63, 3.8) is 0 Å². The van der Waals surface area contributed by atoms with Gasteiger partial charge in [-0.3, -0.25) is 4.90 Å². The first kappa shape index (κ1) is 20.1. The number of aromatic nitrogens is 2. The summed E-state index contributed by atoms with van der Waals surface area (Å²) in [7, 11) is 0. The van der Waals surface area contributed by atoms with Gasteiger partial charge in [0, 0.05) is 58.2 Å². The van der Waals surface area contributed by atoms with E-state index < -0.39 is 0 Å². The molecule has 3 rings (SSSR count). The molecule has 0 saturated carbocycles. The number of rotatable bonds is 7. The summed E-state index contributed by atoms with van der Waals surface area (Å²) in [5.74, 6) is 1.71. The molecule has 0 unspecified atom stereocenters. The lowest BCUT2D eigenvalue weighted by atomic mass is 10.1. The molecule has 1 aromatic carbocycles. The van der Waals surface area contributed by atoms with E-state index in [4.69, 9.17) is 4.99 Å². The molecule has 1 saturated heterocycles. The SMILES string of the molecule is CCNC(=NCc1ccc(C)cc1)NCCN1CCN(c2ncccn2)CC1. The number of hydrogen-bond donors (Lipinski definition) is 2. The van der Waals surface area contributed by atoms with Gasteiger partial charge in [-0.15, -0.1) is 0 Å². The lowest BCUT2D eigenvalue weighted by Crippen LogP contribution is -2.49. The van der Waals surface area contributed by atoms with E-state index in [1.54, 1.807) is 12.4 Å². The number of guanidine groups is 1. The van der Waals surface area contributed by atoms with Gasteiger partial charge in [0.1, 0.15) is 0 Å². The smallest absolute Gasteiger partial charge is 0.225 e. The Kier molecular flexibility index (Phi) is 7.61. The molecule has 0 aliphatic carbocycles. The highest BCUT2D eigenvalue weighted by atomic mass is 15.3. The first-order chi connectivity index (χ1) is 13.7. The molecule has 2 aromatic rings. The molecule has 1 aromatic heterocycles. The van der Waals surface area contributed by atoms with Gasteiger partial charge in [-0.25, -0.2) is 15.0 Å². The largest absolute Gasteiger partial charge is 0.357 e. The molecule has 1 aliphatic heterocycles. The number of aryl methyl sites for hydroxylation is 1. The lowest BCUT2D eigenvalue weighted by molar-refractivity contribution is 0.260. The van der Waals surface area contributed by atoms with E-state index >= 15 is 0 Å². The topological polar surface area (TPSA) is 68.7 Å². The Morgan fingerprint density at radius 1 is 1.04 bits per heavy atom. The third kappa shape index (κ3) is 6.20. The zero-order valence-corrected chi connectivity index (χ0v) is 16.9. The molecule has 0 spiro atoms. The number of aliphatic imine (C=N–C) groups is 1. The third-order valence-corrected chi connectivity index (χ3v) is 4.81. The summed E-state index contributed by atoms with van der Waals surface area (Å²) >= 11 is 0. The van der Waals surface area contributed by atoms with Crippen LogP contribution in [0, 0.1) is 6.92 Å². The molecule has 2 N–H and O–H groups in total. The van der Waals surface area contributed by atoms with Gasteiger partial charge in [0.25, 0.3) is 0 Å². The number of benzene rings is 1. The van der Waals surface area contributed by atoms with Crippen LogP contribution in [0.2, 0.25) is 0 Å². The minimum absolute atomic E-state index is 0.686. The molecular weight excluding hydrogens is 350 g/mol. The molecule has 150 valence electrons. The molecule has 0 radical (unpaired) electrons. The first-order valence-electron chi connectivity index (χ1n) is 10.1. The van der Waals surface area contributed by atoms with E-state index in [1.165, 1.54) is 11.1 Å². The minimum Gasteiger partial charge on any atom is -0.357 e. The molecular formula is C21H31N7. The van der Waals surface area contributed by atoms with Crippen molar-refractivity contribution in [1.82, 2.24) is 25.5 Å². The van der Waals surface area contributed by atoms with Gasteiger partial charge >= 0.3 is 0 Å². The quantitative estimate of drug-likeness (QED) is 0.562. The van der Waals surface area contributed by atoms with Crippen molar-refractivity contribution < 1.29 is 0 Å². The molecule has 0 bridgehead atoms. The highest BCUT2D eigenvalue weighted by molar-refractivity contribution is 5.79. The maximum atomic E-state index is 4.70. The van der Waals surface area contributed by atoms with Crippen LogP contribution in [0.1, 0.15) is 18.1 Å². The Balaban J connectivity index is 1.41. The van der Waals surface area contributed by atoms with Gasteiger partial charge in [-0.05, 0) is 25.5 Å². The second-order valence-electron chi connectivity index (χ2n) is 6.99. The third-order valence-electron chi connectivity index (χ3n) is 4.81. The monoisotopic (exact) mass is 381 g/mol. The van der Waals surface area contributed by atoms with Gasteiger partial charge < -0.3 is 15.5 Å². The molecule has 1 aliphatic rings. The summed E-state index contributed by atoms with van der Waals surface area (Å²) < 4.78 is 0. The van der Waals surface area contributed by atoms with E-state index in [9.17, 15) is 0 Å². The molecule has 7 nitrogen and oxygen atoms in total. The van der Waals surface area contributed by atoms with Gasteiger partial charge in [0.05, 0.1) is 6.54 Å². The summed E-state index contributed by atoms with van der Waals surface area (Å²) in [5, 5.41) is 6.78. The fourth-order valence-corrected chi connectivity index (χ4v) is 3.16. The normalized spacial score (nSPS) is 15.5. The summed E-state index contributed by atoms with van der Waals surface area (Å²) in [4.78, 5) is 18.1. The van der Waals surface area contributed by atoms with E-state index in [2.05, 4.69) is 68.5 Å². The number of anilines is 1. The summed E-state index contributed by atoms with van der Waals surface area (Å²) in [6, 6.07) is 10.4. The van der Waals surface area contributed by atoms with E-state index in [1.807, 2.05) is 6.07 Å².